The van der Waals surface area contributed by atoms with Crippen LogP contribution in [0.4, 0.5) is 0 Å². The smallest absolute Gasteiger partial charge is 0.255 e. The van der Waals surface area contributed by atoms with E-state index in [9.17, 15) is 4.79 Å². The molecule has 122 valence electrons. The average Bonchev–Trinajstić information content (AvgIpc) is 2.76. The summed E-state index contributed by atoms with van der Waals surface area (Å²) in [4.78, 5) is 12.4. The molecule has 0 saturated carbocycles. The predicted molar refractivity (Wildman–Crippen MR) is 85.9 cm³/mol. The molecule has 2 heterocycles. The van der Waals surface area contributed by atoms with Gasteiger partial charge in [0, 0.05) is 19.2 Å². The molecule has 0 spiro atoms. The van der Waals surface area contributed by atoms with E-state index in [4.69, 9.17) is 9.47 Å². The summed E-state index contributed by atoms with van der Waals surface area (Å²) in [7, 11) is 1.82. The van der Waals surface area contributed by atoms with Gasteiger partial charge in [-0.3, -0.25) is 9.48 Å². The molecule has 1 aliphatic heterocycles. The van der Waals surface area contributed by atoms with Gasteiger partial charge in [-0.05, 0) is 31.5 Å². The molecule has 0 unspecified atom stereocenters. The molecule has 6 nitrogen and oxygen atoms in total. The van der Waals surface area contributed by atoms with Crippen LogP contribution in [0.1, 0.15) is 41.0 Å². The second kappa shape index (κ2) is 6.32. The van der Waals surface area contributed by atoms with Crippen molar-refractivity contribution in [2.75, 3.05) is 13.2 Å². The van der Waals surface area contributed by atoms with E-state index in [2.05, 4.69) is 10.4 Å². The van der Waals surface area contributed by atoms with Gasteiger partial charge >= 0.3 is 0 Å². The number of hydrogen-bond acceptors (Lipinski definition) is 4. The Kier molecular flexibility index (Phi) is 4.23. The molecular formula is C17H21N3O3. The van der Waals surface area contributed by atoms with Crippen molar-refractivity contribution in [1.29, 1.82) is 0 Å². The van der Waals surface area contributed by atoms with Crippen molar-refractivity contribution in [3.8, 4) is 11.5 Å². The van der Waals surface area contributed by atoms with Gasteiger partial charge in [0.2, 0.25) is 0 Å². The molecule has 0 saturated heterocycles. The van der Waals surface area contributed by atoms with Crippen molar-refractivity contribution in [1.82, 2.24) is 15.1 Å². The molecule has 0 bridgehead atoms. The number of fused-ring (bicyclic) bond motifs is 1. The summed E-state index contributed by atoms with van der Waals surface area (Å²) in [6, 6.07) is 5.64. The molecule has 1 aromatic carbocycles. The highest BCUT2D eigenvalue weighted by atomic mass is 16.5. The summed E-state index contributed by atoms with van der Waals surface area (Å²) in [5, 5.41) is 7.11. The molecule has 1 aromatic heterocycles. The summed E-state index contributed by atoms with van der Waals surface area (Å²) in [5.74, 6) is 1.36. The molecule has 2 aromatic rings. The number of ether oxygens (including phenoxy) is 2. The Hall–Kier alpha value is -2.50. The van der Waals surface area contributed by atoms with Gasteiger partial charge in [-0.15, -0.1) is 0 Å². The summed E-state index contributed by atoms with van der Waals surface area (Å²) >= 11 is 0. The second-order valence-electron chi connectivity index (χ2n) is 5.72. The van der Waals surface area contributed by atoms with Crippen LogP contribution in [0.3, 0.4) is 0 Å². The number of aromatic nitrogens is 2. The molecule has 1 aliphatic rings. The van der Waals surface area contributed by atoms with Crippen LogP contribution in [-0.2, 0) is 7.05 Å². The Bertz CT molecular complexity index is 724. The van der Waals surface area contributed by atoms with Crippen LogP contribution >= 0.6 is 0 Å². The topological polar surface area (TPSA) is 65.4 Å². The molecule has 3 rings (SSSR count). The minimum absolute atomic E-state index is 0.129. The van der Waals surface area contributed by atoms with E-state index in [1.807, 2.05) is 39.1 Å². The highest BCUT2D eigenvalue weighted by molar-refractivity contribution is 5.95. The third-order valence-electron chi connectivity index (χ3n) is 4.10. The fourth-order valence-electron chi connectivity index (χ4n) is 2.53. The Morgan fingerprint density at radius 1 is 1.30 bits per heavy atom. The van der Waals surface area contributed by atoms with Gasteiger partial charge in [-0.2, -0.15) is 5.10 Å². The lowest BCUT2D eigenvalue weighted by Crippen LogP contribution is -2.27. The normalized spacial score (nSPS) is 14.9. The van der Waals surface area contributed by atoms with Crippen molar-refractivity contribution in [3.63, 3.8) is 0 Å². The number of carbonyl (C=O) groups excluding carboxylic acids is 1. The van der Waals surface area contributed by atoms with Crippen molar-refractivity contribution in [2.24, 2.45) is 7.05 Å². The number of nitrogens with one attached hydrogen (secondary N) is 1. The van der Waals surface area contributed by atoms with E-state index in [0.717, 1.165) is 29.2 Å². The van der Waals surface area contributed by atoms with E-state index >= 15 is 0 Å². The maximum Gasteiger partial charge on any atom is 0.255 e. The quantitative estimate of drug-likeness (QED) is 0.944. The zero-order valence-corrected chi connectivity index (χ0v) is 13.6. The van der Waals surface area contributed by atoms with Gasteiger partial charge in [0.05, 0.1) is 31.0 Å². The molecule has 1 atom stereocenters. The molecule has 0 radical (unpaired) electrons. The lowest BCUT2D eigenvalue weighted by Gasteiger charge is -2.16. The van der Waals surface area contributed by atoms with Crippen LogP contribution < -0.4 is 14.8 Å². The minimum atomic E-state index is -0.140. The molecule has 0 fully saturated rings. The Morgan fingerprint density at radius 2 is 2.04 bits per heavy atom. The fraction of sp³-hybridized carbons (Fsp3) is 0.412. The van der Waals surface area contributed by atoms with Gasteiger partial charge in [-0.1, -0.05) is 6.07 Å². The highest BCUT2D eigenvalue weighted by Crippen LogP contribution is 2.32. The first-order valence-corrected chi connectivity index (χ1v) is 7.75. The van der Waals surface area contributed by atoms with E-state index in [1.165, 1.54) is 0 Å². The van der Waals surface area contributed by atoms with Crippen molar-refractivity contribution < 1.29 is 14.3 Å². The monoisotopic (exact) mass is 315 g/mol. The van der Waals surface area contributed by atoms with E-state index < -0.39 is 0 Å². The lowest BCUT2D eigenvalue weighted by atomic mass is 10.1. The predicted octanol–water partition coefficient (Wildman–Crippen LogP) is 2.38. The van der Waals surface area contributed by atoms with Crippen LogP contribution in [0.5, 0.6) is 11.5 Å². The zero-order valence-electron chi connectivity index (χ0n) is 13.6. The van der Waals surface area contributed by atoms with Crippen molar-refractivity contribution in [3.05, 3.63) is 41.2 Å². The van der Waals surface area contributed by atoms with Crippen LogP contribution in [-0.4, -0.2) is 28.9 Å². The molecule has 1 amide bonds. The molecular weight excluding hydrogens is 294 g/mol. The first-order chi connectivity index (χ1) is 11.1. The van der Waals surface area contributed by atoms with Gasteiger partial charge in [-0.25, -0.2) is 0 Å². The van der Waals surface area contributed by atoms with Crippen molar-refractivity contribution >= 4 is 5.91 Å². The minimum Gasteiger partial charge on any atom is -0.490 e. The molecule has 6 heteroatoms. The SMILES string of the molecule is Cc1c(C(=O)N[C@@H](C)c2ccc3c(c2)OCCCO3)cnn1C. The number of carbonyl (C=O) groups is 1. The van der Waals surface area contributed by atoms with Gasteiger partial charge in [0.15, 0.2) is 11.5 Å². The highest BCUT2D eigenvalue weighted by Gasteiger charge is 2.18. The third-order valence-corrected chi connectivity index (χ3v) is 4.10. The van der Waals surface area contributed by atoms with E-state index in [0.29, 0.717) is 18.8 Å². The standard InChI is InChI=1S/C17H21N3O3/c1-11(19-17(21)14-10-18-20(3)12(14)2)13-5-6-15-16(9-13)23-8-4-7-22-15/h5-6,9-11H,4,7-8H2,1-3H3,(H,19,21)/t11-/m0/s1. The number of hydrogen-bond donors (Lipinski definition) is 1. The first kappa shape index (κ1) is 15.4. The Labute approximate surface area is 135 Å². The van der Waals surface area contributed by atoms with Crippen LogP contribution in [0, 0.1) is 6.92 Å². The largest absolute Gasteiger partial charge is 0.490 e. The number of amides is 1. The fourth-order valence-corrected chi connectivity index (χ4v) is 2.53. The van der Waals surface area contributed by atoms with Crippen LogP contribution in [0.2, 0.25) is 0 Å². The Balaban J connectivity index is 1.75. The number of rotatable bonds is 3. The summed E-state index contributed by atoms with van der Waals surface area (Å²) < 4.78 is 13.0. The number of benzene rings is 1. The van der Waals surface area contributed by atoms with Crippen LogP contribution in [0.15, 0.2) is 24.4 Å². The van der Waals surface area contributed by atoms with Crippen LogP contribution in [0.25, 0.3) is 0 Å². The molecule has 1 N–H and O–H groups in total. The Morgan fingerprint density at radius 3 is 2.74 bits per heavy atom. The molecule has 0 aliphatic carbocycles. The summed E-state index contributed by atoms with van der Waals surface area (Å²) in [6.45, 7) is 5.13. The van der Waals surface area contributed by atoms with Gasteiger partial charge < -0.3 is 14.8 Å². The lowest BCUT2D eigenvalue weighted by molar-refractivity contribution is 0.0939. The average molecular weight is 315 g/mol. The van der Waals surface area contributed by atoms with Gasteiger partial charge in [0.25, 0.3) is 5.91 Å². The summed E-state index contributed by atoms with van der Waals surface area (Å²) in [5.41, 5.74) is 2.41. The number of nitrogens with zero attached hydrogens (tertiary/aromatic N) is 2. The third kappa shape index (κ3) is 3.16. The maximum absolute atomic E-state index is 12.4. The van der Waals surface area contributed by atoms with Gasteiger partial charge in [0.1, 0.15) is 0 Å². The van der Waals surface area contributed by atoms with E-state index in [1.54, 1.807) is 10.9 Å². The van der Waals surface area contributed by atoms with E-state index in [-0.39, 0.29) is 11.9 Å². The second-order valence-corrected chi connectivity index (χ2v) is 5.72. The zero-order chi connectivity index (χ0) is 16.4. The van der Waals surface area contributed by atoms with Crippen molar-refractivity contribution in [2.45, 2.75) is 26.3 Å². The maximum atomic E-state index is 12.4. The number of aryl methyl sites for hydroxylation is 1. The molecule has 23 heavy (non-hydrogen) atoms. The first-order valence-electron chi connectivity index (χ1n) is 7.75. The summed E-state index contributed by atoms with van der Waals surface area (Å²) in [6.07, 6.45) is 2.46.